The van der Waals surface area contributed by atoms with Crippen LogP contribution in [0, 0.1) is 0 Å². The van der Waals surface area contributed by atoms with Crippen LogP contribution in [0.25, 0.3) is 33.4 Å². The van der Waals surface area contributed by atoms with Gasteiger partial charge in [-0.3, -0.25) is 0 Å². The second kappa shape index (κ2) is 9.25. The number of unbranched alkanes of at least 4 members (excludes halogenated alkanes) is 1. The van der Waals surface area contributed by atoms with E-state index in [0.29, 0.717) is 0 Å². The van der Waals surface area contributed by atoms with Gasteiger partial charge in [0, 0.05) is 0 Å². The van der Waals surface area contributed by atoms with Gasteiger partial charge in [-0.05, 0) is 51.9 Å². The monoisotopic (exact) mass is 378 g/mol. The standard InChI is InChI=1S/C28H26O/c1-2-3-21-29-28-19-17-27(18-20-28)26-15-13-25(14-16-26)24-11-9-23(10-12-24)22-7-5-4-6-8-22/h4-20H,2-3,21H2,1H3. The third-order valence-electron chi connectivity index (χ3n) is 5.16. The summed E-state index contributed by atoms with van der Waals surface area (Å²) in [5.74, 6) is 0.942. The van der Waals surface area contributed by atoms with E-state index in [9.17, 15) is 0 Å². The van der Waals surface area contributed by atoms with Gasteiger partial charge in [-0.25, -0.2) is 0 Å². The predicted octanol–water partition coefficient (Wildman–Crippen LogP) is 7.87. The van der Waals surface area contributed by atoms with Crippen molar-refractivity contribution in [2.24, 2.45) is 0 Å². The van der Waals surface area contributed by atoms with E-state index in [4.69, 9.17) is 4.74 Å². The maximum Gasteiger partial charge on any atom is 0.119 e. The minimum Gasteiger partial charge on any atom is -0.494 e. The largest absolute Gasteiger partial charge is 0.494 e. The van der Waals surface area contributed by atoms with Crippen molar-refractivity contribution < 1.29 is 4.74 Å². The van der Waals surface area contributed by atoms with Gasteiger partial charge in [-0.1, -0.05) is 104 Å². The molecule has 0 N–H and O–H groups in total. The first-order chi connectivity index (χ1) is 14.3. The molecule has 0 aliphatic carbocycles. The Hall–Kier alpha value is -3.32. The van der Waals surface area contributed by atoms with Crippen molar-refractivity contribution in [1.82, 2.24) is 0 Å². The first-order valence-electron chi connectivity index (χ1n) is 10.3. The molecule has 4 rings (SSSR count). The third kappa shape index (κ3) is 4.75. The van der Waals surface area contributed by atoms with Gasteiger partial charge in [0.05, 0.1) is 6.61 Å². The highest BCUT2D eigenvalue weighted by Gasteiger charge is 2.03. The fourth-order valence-electron chi connectivity index (χ4n) is 3.42. The van der Waals surface area contributed by atoms with Crippen molar-refractivity contribution in [2.45, 2.75) is 19.8 Å². The molecule has 0 saturated carbocycles. The second-order valence-electron chi connectivity index (χ2n) is 7.25. The van der Waals surface area contributed by atoms with E-state index in [1.165, 1.54) is 33.4 Å². The summed E-state index contributed by atoms with van der Waals surface area (Å²) in [6.45, 7) is 2.96. The summed E-state index contributed by atoms with van der Waals surface area (Å²) in [7, 11) is 0. The van der Waals surface area contributed by atoms with E-state index in [1.54, 1.807) is 0 Å². The van der Waals surface area contributed by atoms with Gasteiger partial charge in [0.1, 0.15) is 5.75 Å². The molecule has 0 aromatic heterocycles. The molecule has 0 saturated heterocycles. The molecule has 1 heteroatoms. The molecule has 0 atom stereocenters. The Morgan fingerprint density at radius 1 is 0.483 bits per heavy atom. The number of hydrogen-bond acceptors (Lipinski definition) is 1. The Morgan fingerprint density at radius 2 is 0.862 bits per heavy atom. The second-order valence-corrected chi connectivity index (χ2v) is 7.25. The Kier molecular flexibility index (Phi) is 6.07. The van der Waals surface area contributed by atoms with Gasteiger partial charge in [-0.2, -0.15) is 0 Å². The predicted molar refractivity (Wildman–Crippen MR) is 123 cm³/mol. The summed E-state index contributed by atoms with van der Waals surface area (Å²) in [4.78, 5) is 0. The van der Waals surface area contributed by atoms with Crippen LogP contribution >= 0.6 is 0 Å². The first kappa shape index (κ1) is 19.0. The fourth-order valence-corrected chi connectivity index (χ4v) is 3.42. The lowest BCUT2D eigenvalue weighted by molar-refractivity contribution is 0.309. The van der Waals surface area contributed by atoms with Crippen molar-refractivity contribution in [2.75, 3.05) is 6.61 Å². The lowest BCUT2D eigenvalue weighted by Crippen LogP contribution is -1.95. The fraction of sp³-hybridized carbons (Fsp3) is 0.143. The van der Waals surface area contributed by atoms with Gasteiger partial charge < -0.3 is 4.74 Å². The average molecular weight is 379 g/mol. The molecule has 0 spiro atoms. The first-order valence-corrected chi connectivity index (χ1v) is 10.3. The molecule has 0 radical (unpaired) electrons. The molecule has 144 valence electrons. The average Bonchev–Trinajstić information content (AvgIpc) is 2.81. The summed E-state index contributed by atoms with van der Waals surface area (Å²) in [5.41, 5.74) is 7.38. The molecule has 0 aliphatic rings. The minimum absolute atomic E-state index is 0.785. The highest BCUT2D eigenvalue weighted by atomic mass is 16.5. The van der Waals surface area contributed by atoms with Gasteiger partial charge in [0.25, 0.3) is 0 Å². The number of benzene rings is 4. The Bertz CT molecular complexity index is 1010. The summed E-state index contributed by atoms with van der Waals surface area (Å²) in [6.07, 6.45) is 2.24. The molecule has 0 fully saturated rings. The van der Waals surface area contributed by atoms with Crippen LogP contribution in [0.5, 0.6) is 5.75 Å². The van der Waals surface area contributed by atoms with Crippen LogP contribution in [0.15, 0.2) is 103 Å². The van der Waals surface area contributed by atoms with Crippen LogP contribution in [0.1, 0.15) is 19.8 Å². The number of hydrogen-bond donors (Lipinski definition) is 0. The molecule has 0 amide bonds. The van der Waals surface area contributed by atoms with Crippen LogP contribution in [0.3, 0.4) is 0 Å². The minimum atomic E-state index is 0.785. The van der Waals surface area contributed by atoms with Crippen molar-refractivity contribution >= 4 is 0 Å². The van der Waals surface area contributed by atoms with E-state index < -0.39 is 0 Å². The van der Waals surface area contributed by atoms with E-state index in [1.807, 2.05) is 6.07 Å². The zero-order valence-corrected chi connectivity index (χ0v) is 16.8. The highest BCUT2D eigenvalue weighted by Crippen LogP contribution is 2.28. The number of ether oxygens (including phenoxy) is 1. The van der Waals surface area contributed by atoms with Crippen LogP contribution < -0.4 is 4.74 Å². The molecule has 4 aromatic rings. The molecule has 4 aromatic carbocycles. The molecular formula is C28H26O. The quantitative estimate of drug-likeness (QED) is 0.297. The summed E-state index contributed by atoms with van der Waals surface area (Å²) < 4.78 is 5.76. The van der Waals surface area contributed by atoms with Crippen LogP contribution in [0.4, 0.5) is 0 Å². The van der Waals surface area contributed by atoms with Crippen LogP contribution in [-0.4, -0.2) is 6.61 Å². The van der Waals surface area contributed by atoms with Crippen molar-refractivity contribution in [3.05, 3.63) is 103 Å². The van der Waals surface area contributed by atoms with Crippen LogP contribution in [-0.2, 0) is 0 Å². The van der Waals surface area contributed by atoms with Crippen molar-refractivity contribution in [1.29, 1.82) is 0 Å². The Labute approximate surface area is 173 Å². The lowest BCUT2D eigenvalue weighted by atomic mass is 9.98. The van der Waals surface area contributed by atoms with E-state index in [-0.39, 0.29) is 0 Å². The molecular weight excluding hydrogens is 352 g/mol. The van der Waals surface area contributed by atoms with Gasteiger partial charge in [0.2, 0.25) is 0 Å². The van der Waals surface area contributed by atoms with E-state index in [0.717, 1.165) is 25.2 Å². The smallest absolute Gasteiger partial charge is 0.119 e. The molecule has 29 heavy (non-hydrogen) atoms. The van der Waals surface area contributed by atoms with Crippen molar-refractivity contribution in [3.63, 3.8) is 0 Å². The van der Waals surface area contributed by atoms with E-state index in [2.05, 4.69) is 104 Å². The van der Waals surface area contributed by atoms with Gasteiger partial charge in [-0.15, -0.1) is 0 Å². The molecule has 0 unspecified atom stereocenters. The zero-order valence-electron chi connectivity index (χ0n) is 16.8. The van der Waals surface area contributed by atoms with Crippen molar-refractivity contribution in [3.8, 4) is 39.1 Å². The maximum absolute atomic E-state index is 5.76. The highest BCUT2D eigenvalue weighted by molar-refractivity contribution is 5.73. The lowest BCUT2D eigenvalue weighted by Gasteiger charge is -2.08. The SMILES string of the molecule is CCCCOc1ccc(-c2ccc(-c3ccc(-c4ccccc4)cc3)cc2)cc1. The zero-order chi connectivity index (χ0) is 19.9. The molecule has 0 bridgehead atoms. The van der Waals surface area contributed by atoms with Crippen LogP contribution in [0.2, 0.25) is 0 Å². The topological polar surface area (TPSA) is 9.23 Å². The number of rotatable bonds is 7. The summed E-state index contributed by atoms with van der Waals surface area (Å²) >= 11 is 0. The third-order valence-corrected chi connectivity index (χ3v) is 5.16. The maximum atomic E-state index is 5.76. The Morgan fingerprint density at radius 3 is 1.28 bits per heavy atom. The Balaban J connectivity index is 1.46. The summed E-state index contributed by atoms with van der Waals surface area (Å²) in [6, 6.07) is 36.4. The van der Waals surface area contributed by atoms with Gasteiger partial charge in [0.15, 0.2) is 0 Å². The molecule has 0 aliphatic heterocycles. The normalized spacial score (nSPS) is 10.7. The molecule has 0 heterocycles. The van der Waals surface area contributed by atoms with Gasteiger partial charge >= 0.3 is 0 Å². The summed E-state index contributed by atoms with van der Waals surface area (Å²) in [5, 5.41) is 0. The molecule has 1 nitrogen and oxygen atoms in total. The van der Waals surface area contributed by atoms with E-state index >= 15 is 0 Å².